The summed E-state index contributed by atoms with van der Waals surface area (Å²) in [5.41, 5.74) is 1.68. The zero-order chi connectivity index (χ0) is 22.4. The lowest BCUT2D eigenvalue weighted by Crippen LogP contribution is -2.33. The van der Waals surface area contributed by atoms with E-state index >= 15 is 0 Å². The Balaban J connectivity index is 1.47. The Morgan fingerprint density at radius 2 is 1.90 bits per heavy atom. The van der Waals surface area contributed by atoms with Crippen LogP contribution in [0.1, 0.15) is 28.2 Å². The lowest BCUT2D eigenvalue weighted by Gasteiger charge is -2.17. The highest BCUT2D eigenvalue weighted by Gasteiger charge is 2.27. The van der Waals surface area contributed by atoms with Crippen LogP contribution < -0.4 is 5.32 Å². The number of rotatable bonds is 8. The molecule has 1 N–H and O–H groups in total. The van der Waals surface area contributed by atoms with Crippen LogP contribution in [-0.4, -0.2) is 46.7 Å². The topological polar surface area (TPSA) is 88.3 Å². The fourth-order valence-corrected chi connectivity index (χ4v) is 3.30. The molecule has 0 saturated heterocycles. The highest BCUT2D eigenvalue weighted by Crippen LogP contribution is 2.21. The van der Waals surface area contributed by atoms with Gasteiger partial charge in [0, 0.05) is 42.9 Å². The molecule has 0 radical (unpaired) electrons. The summed E-state index contributed by atoms with van der Waals surface area (Å²) >= 11 is 1.52. The van der Waals surface area contributed by atoms with Crippen LogP contribution in [0.3, 0.4) is 0 Å². The van der Waals surface area contributed by atoms with Crippen LogP contribution in [-0.2, 0) is 17.8 Å². The zero-order valence-electron chi connectivity index (χ0n) is 16.5. The van der Waals surface area contributed by atoms with Gasteiger partial charge in [-0.3, -0.25) is 9.59 Å². The molecule has 1 aromatic carbocycles. The number of benzene rings is 1. The molecule has 0 spiro atoms. The highest BCUT2D eigenvalue weighted by molar-refractivity contribution is 7.08. The summed E-state index contributed by atoms with van der Waals surface area (Å²) in [5.74, 6) is -0.162. The van der Waals surface area contributed by atoms with E-state index in [1.807, 2.05) is 22.1 Å². The molecule has 0 bridgehead atoms. The minimum absolute atomic E-state index is 0.111. The summed E-state index contributed by atoms with van der Waals surface area (Å²) in [6.45, 7) is -1.10. The first-order chi connectivity index (χ1) is 14.7. The number of halogens is 3. The average Bonchev–Trinajstić information content (AvgIpc) is 3.42. The van der Waals surface area contributed by atoms with Crippen molar-refractivity contribution in [1.29, 1.82) is 0 Å². The van der Waals surface area contributed by atoms with Crippen LogP contribution in [0.2, 0.25) is 0 Å². The number of nitrogens with one attached hydrogen (secondary N) is 1. The maximum atomic E-state index is 12.4. The van der Waals surface area contributed by atoms with Gasteiger partial charge >= 0.3 is 6.18 Å². The molecule has 3 aromatic rings. The van der Waals surface area contributed by atoms with E-state index in [1.165, 1.54) is 28.4 Å². The van der Waals surface area contributed by atoms with Gasteiger partial charge in [0.1, 0.15) is 6.54 Å². The van der Waals surface area contributed by atoms with E-state index in [4.69, 9.17) is 4.42 Å². The van der Waals surface area contributed by atoms with Gasteiger partial charge in [0.15, 0.2) is 0 Å². The van der Waals surface area contributed by atoms with Gasteiger partial charge in [0.05, 0.1) is 0 Å². The minimum atomic E-state index is -4.47. The van der Waals surface area contributed by atoms with Crippen molar-refractivity contribution in [2.24, 2.45) is 0 Å². The molecule has 2 heterocycles. The summed E-state index contributed by atoms with van der Waals surface area (Å²) < 4.78 is 42.1. The second-order valence-electron chi connectivity index (χ2n) is 6.76. The van der Waals surface area contributed by atoms with Crippen molar-refractivity contribution in [2.45, 2.75) is 25.6 Å². The van der Waals surface area contributed by atoms with E-state index in [1.54, 1.807) is 19.2 Å². The summed E-state index contributed by atoms with van der Waals surface area (Å²) in [5, 5.41) is 13.5. The normalized spacial score (nSPS) is 11.4. The number of nitrogens with zero attached hydrogens (tertiary/aromatic N) is 3. The van der Waals surface area contributed by atoms with E-state index in [9.17, 15) is 22.8 Å². The van der Waals surface area contributed by atoms with Gasteiger partial charge in [0.2, 0.25) is 17.7 Å². The Morgan fingerprint density at radius 3 is 2.55 bits per heavy atom. The van der Waals surface area contributed by atoms with Crippen LogP contribution in [0.4, 0.5) is 13.2 Å². The van der Waals surface area contributed by atoms with Crippen LogP contribution >= 0.6 is 11.3 Å². The largest absolute Gasteiger partial charge is 0.421 e. The van der Waals surface area contributed by atoms with E-state index < -0.39 is 18.6 Å². The lowest BCUT2D eigenvalue weighted by atomic mass is 10.1. The molecule has 3 rings (SSSR count). The van der Waals surface area contributed by atoms with E-state index in [2.05, 4.69) is 10.2 Å². The number of thiophene rings is 1. The summed E-state index contributed by atoms with van der Waals surface area (Å²) in [4.78, 5) is 25.6. The molecular formula is C20H19F3N4O3S. The van der Waals surface area contributed by atoms with Crippen molar-refractivity contribution in [3.63, 3.8) is 0 Å². The van der Waals surface area contributed by atoms with E-state index in [0.29, 0.717) is 18.2 Å². The van der Waals surface area contributed by atoms with Gasteiger partial charge < -0.3 is 14.6 Å². The molecule has 0 aliphatic heterocycles. The van der Waals surface area contributed by atoms with Crippen molar-refractivity contribution in [3.05, 3.63) is 58.1 Å². The Morgan fingerprint density at radius 1 is 1.16 bits per heavy atom. The van der Waals surface area contributed by atoms with Gasteiger partial charge in [-0.2, -0.15) is 24.5 Å². The van der Waals surface area contributed by atoms with Gasteiger partial charge in [-0.15, -0.1) is 10.2 Å². The number of amides is 2. The second kappa shape index (κ2) is 9.73. The Bertz CT molecular complexity index is 1020. The molecule has 31 heavy (non-hydrogen) atoms. The third-order valence-corrected chi connectivity index (χ3v) is 4.98. The predicted octanol–water partition coefficient (Wildman–Crippen LogP) is 3.68. The van der Waals surface area contributed by atoms with Gasteiger partial charge in [-0.25, -0.2) is 0 Å². The van der Waals surface area contributed by atoms with Crippen LogP contribution in [0.15, 0.2) is 45.5 Å². The smallest absolute Gasteiger partial charge is 0.405 e. The third kappa shape index (κ3) is 6.64. The van der Waals surface area contributed by atoms with Crippen molar-refractivity contribution in [2.75, 3.05) is 13.6 Å². The van der Waals surface area contributed by atoms with Crippen molar-refractivity contribution in [1.82, 2.24) is 20.4 Å². The van der Waals surface area contributed by atoms with Crippen LogP contribution in [0.25, 0.3) is 11.5 Å². The number of hydrogen-bond donors (Lipinski definition) is 1. The molecule has 0 aliphatic rings. The van der Waals surface area contributed by atoms with Crippen LogP contribution in [0, 0.1) is 0 Å². The SMILES string of the molecule is CN(Cc1ccc(C(=O)NCC(F)(F)F)cc1)C(=O)CCc1nnc(-c2ccsc2)o1. The fraction of sp³-hybridized carbons (Fsp3) is 0.300. The molecule has 11 heteroatoms. The van der Waals surface area contributed by atoms with Gasteiger partial charge in [-0.1, -0.05) is 12.1 Å². The van der Waals surface area contributed by atoms with Crippen LogP contribution in [0.5, 0.6) is 0 Å². The second-order valence-corrected chi connectivity index (χ2v) is 7.54. The van der Waals surface area contributed by atoms with Crippen molar-refractivity contribution < 1.29 is 27.2 Å². The Hall–Kier alpha value is -3.21. The maximum Gasteiger partial charge on any atom is 0.405 e. The quantitative estimate of drug-likeness (QED) is 0.563. The molecule has 2 aromatic heterocycles. The average molecular weight is 452 g/mol. The zero-order valence-corrected chi connectivity index (χ0v) is 17.3. The van der Waals surface area contributed by atoms with Gasteiger partial charge in [0.25, 0.3) is 5.91 Å². The van der Waals surface area contributed by atoms with Crippen molar-refractivity contribution >= 4 is 23.2 Å². The molecular weight excluding hydrogens is 433 g/mol. The number of aromatic nitrogens is 2. The number of aryl methyl sites for hydroxylation is 1. The Kier molecular flexibility index (Phi) is 7.06. The molecule has 0 unspecified atom stereocenters. The monoisotopic (exact) mass is 452 g/mol. The van der Waals surface area contributed by atoms with Gasteiger partial charge in [-0.05, 0) is 29.1 Å². The first-order valence-corrected chi connectivity index (χ1v) is 10.2. The molecule has 164 valence electrons. The summed E-state index contributed by atoms with van der Waals surface area (Å²) in [6, 6.07) is 7.90. The number of carbonyl (C=O) groups is 2. The maximum absolute atomic E-state index is 12.4. The molecule has 0 atom stereocenters. The minimum Gasteiger partial charge on any atom is -0.421 e. The van der Waals surface area contributed by atoms with E-state index in [-0.39, 0.29) is 24.4 Å². The Labute approximate surface area is 179 Å². The summed E-state index contributed by atoms with van der Waals surface area (Å²) in [7, 11) is 1.64. The standard InChI is InChI=1S/C20H19F3N4O3S/c1-27(10-13-2-4-14(5-3-13)18(29)24-12-20(21,22)23)17(28)7-6-16-25-26-19(30-16)15-8-9-31-11-15/h2-5,8-9,11H,6-7,10,12H2,1H3,(H,24,29). The fourth-order valence-electron chi connectivity index (χ4n) is 2.67. The molecule has 0 fully saturated rings. The number of carbonyl (C=O) groups excluding carboxylic acids is 2. The number of hydrogen-bond acceptors (Lipinski definition) is 6. The first-order valence-electron chi connectivity index (χ1n) is 9.24. The van der Waals surface area contributed by atoms with E-state index in [0.717, 1.165) is 11.1 Å². The molecule has 2 amide bonds. The number of alkyl halides is 3. The molecule has 7 nitrogen and oxygen atoms in total. The summed E-state index contributed by atoms with van der Waals surface area (Å²) in [6.07, 6.45) is -3.98. The molecule has 0 saturated carbocycles. The van der Waals surface area contributed by atoms with Crippen molar-refractivity contribution in [3.8, 4) is 11.5 Å². The molecule has 0 aliphatic carbocycles. The lowest BCUT2D eigenvalue weighted by molar-refractivity contribution is -0.130. The predicted molar refractivity (Wildman–Crippen MR) is 107 cm³/mol. The first kappa shape index (κ1) is 22.5. The highest BCUT2D eigenvalue weighted by atomic mass is 32.1. The third-order valence-electron chi connectivity index (χ3n) is 4.30.